The number of ketones is 1. The number of nitro benzene ring substituents is 1. The number of amides is 1. The molecule has 0 spiro atoms. The summed E-state index contributed by atoms with van der Waals surface area (Å²) in [6.07, 6.45) is 0.925. The van der Waals surface area contributed by atoms with E-state index in [1.165, 1.54) is 53.1 Å². The van der Waals surface area contributed by atoms with E-state index in [-0.39, 0.29) is 22.2 Å². The molecule has 1 fully saturated rings. The molecular weight excluding hydrogens is 500 g/mol. The quantitative estimate of drug-likeness (QED) is 0.0860. The van der Waals surface area contributed by atoms with Gasteiger partial charge in [0.25, 0.3) is 11.5 Å². The lowest BCUT2D eigenvalue weighted by Crippen LogP contribution is -2.29. The standard InChI is InChI=1S/C22H17ClN4O5S2/c1-2-11-33-22-25-24-21(34-22)26-17(12-5-9-15(10-6-12)27(31)32)16(19(29)20(26)30)18(28)13-3-7-14(23)8-4-13/h3-10,17,28H,2,11H2,1H3/b18-16+. The maximum absolute atomic E-state index is 13.1. The van der Waals surface area contributed by atoms with Crippen LogP contribution >= 0.6 is 34.7 Å². The molecule has 3 aromatic rings. The molecule has 1 aliphatic rings. The van der Waals surface area contributed by atoms with Gasteiger partial charge in [0.1, 0.15) is 5.76 Å². The lowest BCUT2D eigenvalue weighted by molar-refractivity contribution is -0.384. The van der Waals surface area contributed by atoms with Gasteiger partial charge in [-0.15, -0.1) is 10.2 Å². The largest absolute Gasteiger partial charge is 0.507 e. The first-order valence-corrected chi connectivity index (χ1v) is 12.3. The normalized spacial score (nSPS) is 17.4. The number of hydrogen-bond acceptors (Lipinski definition) is 9. The van der Waals surface area contributed by atoms with Crippen LogP contribution in [-0.2, 0) is 9.59 Å². The Morgan fingerprint density at radius 1 is 1.18 bits per heavy atom. The zero-order valence-electron chi connectivity index (χ0n) is 17.7. The van der Waals surface area contributed by atoms with Gasteiger partial charge in [-0.2, -0.15) is 0 Å². The average molecular weight is 517 g/mol. The van der Waals surface area contributed by atoms with Crippen molar-refractivity contribution in [2.75, 3.05) is 10.7 Å². The van der Waals surface area contributed by atoms with Crippen LogP contribution in [0.15, 0.2) is 58.4 Å². The number of halogens is 1. The number of carbonyl (C=O) groups excluding carboxylic acids is 2. The van der Waals surface area contributed by atoms with Crippen LogP contribution in [0.1, 0.15) is 30.5 Å². The number of thioether (sulfide) groups is 1. The first-order chi connectivity index (χ1) is 16.3. The maximum Gasteiger partial charge on any atom is 0.301 e. The maximum atomic E-state index is 13.1. The number of benzene rings is 2. The van der Waals surface area contributed by atoms with Gasteiger partial charge >= 0.3 is 5.91 Å². The second-order valence-electron chi connectivity index (χ2n) is 7.22. The fraction of sp³-hybridized carbons (Fsp3) is 0.182. The highest BCUT2D eigenvalue weighted by Crippen LogP contribution is 2.44. The second kappa shape index (κ2) is 9.92. The van der Waals surface area contributed by atoms with Crippen LogP contribution in [0, 0.1) is 10.1 Å². The minimum atomic E-state index is -1.05. The van der Waals surface area contributed by atoms with E-state index in [9.17, 15) is 24.8 Å². The zero-order chi connectivity index (χ0) is 24.4. The summed E-state index contributed by atoms with van der Waals surface area (Å²) < 4.78 is 0.638. The number of carbonyl (C=O) groups is 2. The van der Waals surface area contributed by atoms with Crippen LogP contribution in [0.5, 0.6) is 0 Å². The molecule has 1 aliphatic heterocycles. The summed E-state index contributed by atoms with van der Waals surface area (Å²) in [7, 11) is 0. The van der Waals surface area contributed by atoms with Gasteiger partial charge in [0, 0.05) is 28.5 Å². The molecule has 1 amide bonds. The molecule has 0 aliphatic carbocycles. The smallest absolute Gasteiger partial charge is 0.301 e. The van der Waals surface area contributed by atoms with Crippen LogP contribution in [0.25, 0.3) is 5.76 Å². The molecular formula is C22H17ClN4O5S2. The van der Waals surface area contributed by atoms with Crippen molar-refractivity contribution < 1.29 is 19.6 Å². The third-order valence-electron chi connectivity index (χ3n) is 5.01. The first-order valence-electron chi connectivity index (χ1n) is 10.1. The van der Waals surface area contributed by atoms with Crippen molar-refractivity contribution in [3.8, 4) is 0 Å². The number of aliphatic hydroxyl groups excluding tert-OH is 1. The molecule has 0 saturated carbocycles. The molecule has 1 atom stereocenters. The van der Waals surface area contributed by atoms with Crippen LogP contribution in [0.4, 0.5) is 10.8 Å². The average Bonchev–Trinajstić information content (AvgIpc) is 3.40. The molecule has 12 heteroatoms. The molecule has 9 nitrogen and oxygen atoms in total. The van der Waals surface area contributed by atoms with E-state index in [0.717, 1.165) is 23.5 Å². The number of aliphatic hydroxyl groups is 1. The van der Waals surface area contributed by atoms with Gasteiger partial charge in [0.15, 0.2) is 4.34 Å². The minimum Gasteiger partial charge on any atom is -0.507 e. The summed E-state index contributed by atoms with van der Waals surface area (Å²) in [6, 6.07) is 10.6. The highest BCUT2D eigenvalue weighted by atomic mass is 35.5. The topological polar surface area (TPSA) is 127 Å². The van der Waals surface area contributed by atoms with Crippen LogP contribution in [0.2, 0.25) is 5.02 Å². The Balaban J connectivity index is 1.86. The number of aromatic nitrogens is 2. The number of nitro groups is 1. The monoisotopic (exact) mass is 516 g/mol. The van der Waals surface area contributed by atoms with Crippen molar-refractivity contribution in [1.29, 1.82) is 0 Å². The van der Waals surface area contributed by atoms with E-state index in [2.05, 4.69) is 10.2 Å². The highest BCUT2D eigenvalue weighted by Gasteiger charge is 2.48. The zero-order valence-corrected chi connectivity index (χ0v) is 20.1. The Hall–Kier alpha value is -3.28. The third kappa shape index (κ3) is 4.54. The highest BCUT2D eigenvalue weighted by molar-refractivity contribution is 8.01. The number of Topliss-reactive ketones (excluding diaryl/α,β-unsaturated/α-hetero) is 1. The SMILES string of the molecule is CCCSc1nnc(N2C(=O)C(=O)/C(=C(/O)c3ccc(Cl)cc3)C2c2ccc([N+](=O)[O-])cc2)s1. The molecule has 1 saturated heterocycles. The van der Waals surface area contributed by atoms with Gasteiger partial charge in [-0.1, -0.05) is 41.6 Å². The Kier molecular flexibility index (Phi) is 6.96. The number of hydrogen-bond donors (Lipinski definition) is 1. The Bertz CT molecular complexity index is 1290. The van der Waals surface area contributed by atoms with Crippen molar-refractivity contribution in [1.82, 2.24) is 10.2 Å². The van der Waals surface area contributed by atoms with E-state index in [0.29, 0.717) is 20.5 Å². The Labute approximate surface area is 207 Å². The number of rotatable bonds is 7. The van der Waals surface area contributed by atoms with Crippen molar-refractivity contribution in [2.45, 2.75) is 23.7 Å². The Morgan fingerprint density at radius 2 is 1.85 bits per heavy atom. The summed E-state index contributed by atoms with van der Waals surface area (Å²) in [5.41, 5.74) is 0.399. The predicted octanol–water partition coefficient (Wildman–Crippen LogP) is 5.23. The molecule has 2 heterocycles. The molecule has 174 valence electrons. The molecule has 0 bridgehead atoms. The van der Waals surface area contributed by atoms with Gasteiger partial charge in [-0.3, -0.25) is 24.6 Å². The van der Waals surface area contributed by atoms with Gasteiger partial charge in [-0.05, 0) is 48.4 Å². The lowest BCUT2D eigenvalue weighted by Gasteiger charge is -2.22. The second-order valence-corrected chi connectivity index (χ2v) is 9.96. The molecule has 1 unspecified atom stereocenters. The van der Waals surface area contributed by atoms with Crippen molar-refractivity contribution in [3.63, 3.8) is 0 Å². The summed E-state index contributed by atoms with van der Waals surface area (Å²) in [6.45, 7) is 2.03. The van der Waals surface area contributed by atoms with Gasteiger partial charge in [0.2, 0.25) is 5.13 Å². The van der Waals surface area contributed by atoms with Crippen LogP contribution in [-0.4, -0.2) is 37.7 Å². The van der Waals surface area contributed by atoms with Crippen LogP contribution in [0.3, 0.4) is 0 Å². The fourth-order valence-corrected chi connectivity index (χ4v) is 5.35. The molecule has 2 aromatic carbocycles. The van der Waals surface area contributed by atoms with E-state index in [4.69, 9.17) is 11.6 Å². The number of nitrogens with zero attached hydrogens (tertiary/aromatic N) is 4. The van der Waals surface area contributed by atoms with Gasteiger partial charge in [0.05, 0.1) is 16.5 Å². The minimum absolute atomic E-state index is 0.146. The fourth-order valence-electron chi connectivity index (χ4n) is 3.43. The van der Waals surface area contributed by atoms with E-state index >= 15 is 0 Å². The summed E-state index contributed by atoms with van der Waals surface area (Å²) >= 11 is 8.58. The molecule has 1 N–H and O–H groups in total. The van der Waals surface area contributed by atoms with Crippen LogP contribution < -0.4 is 4.90 Å². The Morgan fingerprint density at radius 3 is 2.47 bits per heavy atom. The predicted molar refractivity (Wildman–Crippen MR) is 130 cm³/mol. The first kappa shape index (κ1) is 23.9. The molecule has 0 radical (unpaired) electrons. The van der Waals surface area contributed by atoms with Gasteiger partial charge < -0.3 is 5.11 Å². The summed E-state index contributed by atoms with van der Waals surface area (Å²) in [4.78, 5) is 38.0. The summed E-state index contributed by atoms with van der Waals surface area (Å²) in [5, 5.41) is 31.0. The third-order valence-corrected chi connectivity index (χ3v) is 7.53. The van der Waals surface area contributed by atoms with Crippen molar-refractivity contribution in [2.24, 2.45) is 0 Å². The molecule has 1 aromatic heterocycles. The lowest BCUT2D eigenvalue weighted by atomic mass is 9.95. The van der Waals surface area contributed by atoms with Crippen molar-refractivity contribution in [3.05, 3.63) is 80.4 Å². The molecule has 4 rings (SSSR count). The molecule has 34 heavy (non-hydrogen) atoms. The van der Waals surface area contributed by atoms with E-state index < -0.39 is 22.7 Å². The summed E-state index contributed by atoms with van der Waals surface area (Å²) in [5.74, 6) is -1.34. The number of non-ortho nitro benzene ring substituents is 1. The number of anilines is 1. The van der Waals surface area contributed by atoms with Gasteiger partial charge in [-0.25, -0.2) is 0 Å². The van der Waals surface area contributed by atoms with E-state index in [1.807, 2.05) is 6.92 Å². The van der Waals surface area contributed by atoms with Crippen molar-refractivity contribution >= 4 is 63.0 Å². The van der Waals surface area contributed by atoms with E-state index in [1.54, 1.807) is 12.1 Å².